The van der Waals surface area contributed by atoms with E-state index in [1.165, 1.54) is 96.3 Å². The maximum atomic E-state index is 3.54. The van der Waals surface area contributed by atoms with Crippen LogP contribution >= 0.6 is 0 Å². The summed E-state index contributed by atoms with van der Waals surface area (Å²) in [5.41, 5.74) is 0. The van der Waals surface area contributed by atoms with Crippen molar-refractivity contribution in [3.63, 3.8) is 0 Å². The predicted molar refractivity (Wildman–Crippen MR) is 111 cm³/mol. The van der Waals surface area contributed by atoms with Gasteiger partial charge in [0.25, 0.3) is 0 Å². The molecule has 0 amide bonds. The summed E-state index contributed by atoms with van der Waals surface area (Å²) in [7, 11) is 0. The number of allylic oxidation sites excluding steroid dienone is 2. The van der Waals surface area contributed by atoms with E-state index in [4.69, 9.17) is 0 Å². The Morgan fingerprint density at radius 1 is 0.720 bits per heavy atom. The van der Waals surface area contributed by atoms with Gasteiger partial charge in [0.1, 0.15) is 0 Å². The number of hydrogen-bond acceptors (Lipinski definition) is 0. The molecule has 2 saturated carbocycles. The van der Waals surface area contributed by atoms with Crippen LogP contribution < -0.4 is 0 Å². The molecule has 0 radical (unpaired) electrons. The molecule has 0 bridgehead atoms. The van der Waals surface area contributed by atoms with E-state index in [2.05, 4.69) is 37.8 Å². The Labute approximate surface area is 158 Å². The largest absolute Gasteiger partial charge is 0.0951 e. The van der Waals surface area contributed by atoms with Crippen molar-refractivity contribution >= 4 is 0 Å². The van der Waals surface area contributed by atoms with E-state index in [1.807, 2.05) is 0 Å². The zero-order chi connectivity index (χ0) is 17.7. The molecule has 2 aliphatic carbocycles. The smallest absolute Gasteiger partial charge is 0.0206 e. The molecular formula is C25H42. The van der Waals surface area contributed by atoms with Gasteiger partial charge in [-0.2, -0.15) is 0 Å². The van der Waals surface area contributed by atoms with E-state index in [0.29, 0.717) is 5.92 Å². The van der Waals surface area contributed by atoms with Gasteiger partial charge in [0.05, 0.1) is 0 Å². The van der Waals surface area contributed by atoms with Gasteiger partial charge < -0.3 is 0 Å². The SMILES string of the molecule is CCCCC[C@H]1CC[C@H](C=CC#C[C@H]2CC[C@H](CCCC)CC2)CC1. The first kappa shape index (κ1) is 20.6. The minimum absolute atomic E-state index is 0.678. The predicted octanol–water partition coefficient (Wildman–Crippen LogP) is 7.93. The highest BCUT2D eigenvalue weighted by Crippen LogP contribution is 2.33. The lowest BCUT2D eigenvalue weighted by Gasteiger charge is -2.26. The Bertz CT molecular complexity index is 405. The van der Waals surface area contributed by atoms with Crippen LogP contribution in [0.2, 0.25) is 0 Å². The quantitative estimate of drug-likeness (QED) is 0.310. The van der Waals surface area contributed by atoms with Crippen molar-refractivity contribution in [2.45, 2.75) is 110 Å². The summed E-state index contributed by atoms with van der Waals surface area (Å²) in [5, 5.41) is 0. The molecule has 0 spiro atoms. The summed E-state index contributed by atoms with van der Waals surface area (Å²) in [6.07, 6.45) is 25.8. The van der Waals surface area contributed by atoms with Crippen molar-refractivity contribution < 1.29 is 0 Å². The molecule has 0 aromatic rings. The lowest BCUT2D eigenvalue weighted by molar-refractivity contribution is 0.289. The normalized spacial score (nSPS) is 30.2. The zero-order valence-electron chi connectivity index (χ0n) is 17.1. The Balaban J connectivity index is 1.59. The number of hydrogen-bond donors (Lipinski definition) is 0. The van der Waals surface area contributed by atoms with Crippen LogP contribution in [0.4, 0.5) is 0 Å². The van der Waals surface area contributed by atoms with Gasteiger partial charge in [-0.1, -0.05) is 76.7 Å². The van der Waals surface area contributed by atoms with Crippen LogP contribution in [-0.2, 0) is 0 Å². The summed E-state index contributed by atoms with van der Waals surface area (Å²) in [6.45, 7) is 4.61. The Hall–Kier alpha value is -0.700. The first-order valence-corrected chi connectivity index (χ1v) is 11.5. The second kappa shape index (κ2) is 12.6. The fraction of sp³-hybridized carbons (Fsp3) is 0.840. The first-order chi connectivity index (χ1) is 12.3. The van der Waals surface area contributed by atoms with Crippen LogP contribution in [0.15, 0.2) is 12.2 Å². The van der Waals surface area contributed by atoms with Crippen LogP contribution in [0.25, 0.3) is 0 Å². The summed E-state index contributed by atoms with van der Waals surface area (Å²) >= 11 is 0. The minimum atomic E-state index is 0.678. The fourth-order valence-corrected chi connectivity index (χ4v) is 4.79. The van der Waals surface area contributed by atoms with E-state index in [0.717, 1.165) is 17.8 Å². The van der Waals surface area contributed by atoms with Gasteiger partial charge in [-0.15, -0.1) is 0 Å². The van der Waals surface area contributed by atoms with Crippen LogP contribution in [0.5, 0.6) is 0 Å². The van der Waals surface area contributed by atoms with Crippen molar-refractivity contribution in [1.82, 2.24) is 0 Å². The van der Waals surface area contributed by atoms with E-state index in [-0.39, 0.29) is 0 Å². The van der Waals surface area contributed by atoms with Crippen LogP contribution in [0, 0.1) is 35.5 Å². The molecule has 142 valence electrons. The Morgan fingerprint density at radius 2 is 1.32 bits per heavy atom. The lowest BCUT2D eigenvalue weighted by Crippen LogP contribution is -2.13. The molecule has 0 aliphatic heterocycles. The molecule has 0 N–H and O–H groups in total. The second-order valence-electron chi connectivity index (χ2n) is 8.78. The highest BCUT2D eigenvalue weighted by Gasteiger charge is 2.20. The molecule has 2 rings (SSSR count). The lowest BCUT2D eigenvalue weighted by atomic mass is 9.79. The van der Waals surface area contributed by atoms with Gasteiger partial charge in [-0.25, -0.2) is 0 Å². The molecule has 2 aliphatic rings. The molecular weight excluding hydrogens is 300 g/mol. The van der Waals surface area contributed by atoms with Crippen LogP contribution in [0.3, 0.4) is 0 Å². The summed E-state index contributed by atoms with van der Waals surface area (Å²) < 4.78 is 0. The van der Waals surface area contributed by atoms with Gasteiger partial charge >= 0.3 is 0 Å². The number of unbranched alkanes of at least 4 members (excludes halogenated alkanes) is 3. The van der Waals surface area contributed by atoms with Gasteiger partial charge in [0, 0.05) is 5.92 Å². The summed E-state index contributed by atoms with van der Waals surface area (Å²) in [5.74, 6) is 10.4. The summed E-state index contributed by atoms with van der Waals surface area (Å²) in [4.78, 5) is 0. The van der Waals surface area contributed by atoms with Crippen molar-refractivity contribution in [1.29, 1.82) is 0 Å². The standard InChI is InChI=1S/C25H42/c1-3-5-7-11-23-18-20-25(21-19-23)13-9-8-12-24-16-14-22(15-17-24)10-6-4-2/h9,13,22-25H,3-7,10-11,14-21H2,1-2H3/t22-,23-,24-,25-. The molecule has 0 atom stereocenters. The maximum absolute atomic E-state index is 3.54. The minimum Gasteiger partial charge on any atom is -0.0951 e. The van der Waals surface area contributed by atoms with Crippen molar-refractivity contribution in [3.8, 4) is 11.8 Å². The third-order valence-corrected chi connectivity index (χ3v) is 6.66. The monoisotopic (exact) mass is 342 g/mol. The van der Waals surface area contributed by atoms with Gasteiger partial charge in [0.15, 0.2) is 0 Å². The molecule has 25 heavy (non-hydrogen) atoms. The average molecular weight is 343 g/mol. The van der Waals surface area contributed by atoms with Crippen molar-refractivity contribution in [3.05, 3.63) is 12.2 Å². The van der Waals surface area contributed by atoms with Gasteiger partial charge in [0.2, 0.25) is 0 Å². The molecule has 2 fully saturated rings. The van der Waals surface area contributed by atoms with E-state index >= 15 is 0 Å². The molecule has 0 heterocycles. The van der Waals surface area contributed by atoms with Gasteiger partial charge in [-0.3, -0.25) is 0 Å². The number of rotatable bonds is 8. The van der Waals surface area contributed by atoms with Crippen molar-refractivity contribution in [2.75, 3.05) is 0 Å². The molecule has 0 aromatic carbocycles. The molecule has 0 unspecified atom stereocenters. The molecule has 0 aromatic heterocycles. The molecule has 0 saturated heterocycles. The second-order valence-corrected chi connectivity index (χ2v) is 8.78. The highest BCUT2D eigenvalue weighted by atomic mass is 14.2. The zero-order valence-corrected chi connectivity index (χ0v) is 17.1. The average Bonchev–Trinajstić information content (AvgIpc) is 2.66. The molecule has 0 nitrogen and oxygen atoms in total. The van der Waals surface area contributed by atoms with E-state index in [9.17, 15) is 0 Å². The van der Waals surface area contributed by atoms with Crippen molar-refractivity contribution in [2.24, 2.45) is 23.7 Å². The highest BCUT2D eigenvalue weighted by molar-refractivity contribution is 5.18. The van der Waals surface area contributed by atoms with E-state index in [1.54, 1.807) is 0 Å². The first-order valence-electron chi connectivity index (χ1n) is 11.5. The third-order valence-electron chi connectivity index (χ3n) is 6.66. The van der Waals surface area contributed by atoms with E-state index < -0.39 is 0 Å². The fourth-order valence-electron chi connectivity index (χ4n) is 4.79. The summed E-state index contributed by atoms with van der Waals surface area (Å²) in [6, 6.07) is 0. The topological polar surface area (TPSA) is 0 Å². The van der Waals surface area contributed by atoms with Crippen LogP contribution in [-0.4, -0.2) is 0 Å². The van der Waals surface area contributed by atoms with Crippen LogP contribution in [0.1, 0.15) is 110 Å². The molecule has 0 heteroatoms. The third kappa shape index (κ3) is 8.48. The van der Waals surface area contributed by atoms with Gasteiger partial charge in [-0.05, 0) is 75.2 Å². The maximum Gasteiger partial charge on any atom is 0.0206 e. The Morgan fingerprint density at radius 3 is 1.96 bits per heavy atom. The Kier molecular flexibility index (Phi) is 10.4.